The smallest absolute Gasteiger partial charge is 0.257 e. The zero-order chi connectivity index (χ0) is 18.1. The van der Waals surface area contributed by atoms with Crippen molar-refractivity contribution in [3.8, 4) is 0 Å². The quantitative estimate of drug-likeness (QED) is 0.826. The fourth-order valence-electron chi connectivity index (χ4n) is 3.71. The van der Waals surface area contributed by atoms with Gasteiger partial charge >= 0.3 is 0 Å². The van der Waals surface area contributed by atoms with Crippen LogP contribution in [0.1, 0.15) is 36.9 Å². The Morgan fingerprint density at radius 1 is 1.27 bits per heavy atom. The number of hydrazone groups is 1. The number of thiophene rings is 1. The van der Waals surface area contributed by atoms with Gasteiger partial charge in [-0.3, -0.25) is 9.69 Å². The SMILES string of the molecule is CC1CN(CC(=O)N2N=C(c3cccs3)CC2c2ccco2)CC(C)O1. The molecular formula is C19H23N3O3S. The standard InChI is InChI=1S/C19H23N3O3S/c1-13-10-21(11-14(2)25-13)12-19(23)22-16(17-5-3-7-24-17)9-15(20-22)18-6-4-8-26-18/h3-8,13-14,16H,9-12H2,1-2H3. The van der Waals surface area contributed by atoms with Crippen LogP contribution in [-0.2, 0) is 9.53 Å². The Balaban J connectivity index is 1.53. The Morgan fingerprint density at radius 2 is 2.08 bits per heavy atom. The summed E-state index contributed by atoms with van der Waals surface area (Å²) < 4.78 is 11.4. The summed E-state index contributed by atoms with van der Waals surface area (Å²) in [6.45, 7) is 5.95. The van der Waals surface area contributed by atoms with E-state index in [0.29, 0.717) is 13.0 Å². The second-order valence-corrected chi connectivity index (χ2v) is 7.90. The molecule has 0 bridgehead atoms. The first kappa shape index (κ1) is 17.5. The minimum atomic E-state index is -0.175. The van der Waals surface area contributed by atoms with Crippen LogP contribution in [0.15, 0.2) is 45.4 Å². The van der Waals surface area contributed by atoms with Gasteiger partial charge in [0, 0.05) is 19.5 Å². The molecule has 4 heterocycles. The Bertz CT molecular complexity index is 762. The summed E-state index contributed by atoms with van der Waals surface area (Å²) in [5.74, 6) is 0.775. The van der Waals surface area contributed by atoms with Gasteiger partial charge in [0.25, 0.3) is 5.91 Å². The Hall–Kier alpha value is -1.96. The predicted molar refractivity (Wildman–Crippen MR) is 100 cm³/mol. The molecule has 1 amide bonds. The molecule has 6 nitrogen and oxygen atoms in total. The average Bonchev–Trinajstić information content (AvgIpc) is 3.33. The Morgan fingerprint density at radius 3 is 2.73 bits per heavy atom. The maximum absolute atomic E-state index is 13.0. The molecule has 0 saturated carbocycles. The molecular weight excluding hydrogens is 350 g/mol. The highest BCUT2D eigenvalue weighted by Gasteiger charge is 2.36. The van der Waals surface area contributed by atoms with Crippen molar-refractivity contribution < 1.29 is 13.9 Å². The van der Waals surface area contributed by atoms with E-state index in [0.717, 1.165) is 29.4 Å². The number of hydrogen-bond acceptors (Lipinski definition) is 6. The number of nitrogens with zero attached hydrogens (tertiary/aromatic N) is 3. The number of amides is 1. The number of rotatable bonds is 4. The molecule has 26 heavy (non-hydrogen) atoms. The molecule has 2 aliphatic rings. The van der Waals surface area contributed by atoms with Crippen molar-refractivity contribution in [1.82, 2.24) is 9.91 Å². The molecule has 0 aliphatic carbocycles. The van der Waals surface area contributed by atoms with Gasteiger partial charge in [-0.05, 0) is 37.4 Å². The molecule has 4 rings (SSSR count). The summed E-state index contributed by atoms with van der Waals surface area (Å²) in [7, 11) is 0. The minimum Gasteiger partial charge on any atom is -0.467 e. The molecule has 0 spiro atoms. The molecule has 2 aliphatic heterocycles. The van der Waals surface area contributed by atoms with Gasteiger partial charge in [0.05, 0.1) is 35.6 Å². The van der Waals surface area contributed by atoms with Gasteiger partial charge in [0.15, 0.2) is 0 Å². The molecule has 138 valence electrons. The van der Waals surface area contributed by atoms with E-state index in [1.54, 1.807) is 22.6 Å². The van der Waals surface area contributed by atoms with Crippen LogP contribution in [0.4, 0.5) is 0 Å². The number of carbonyl (C=O) groups excluding carboxylic acids is 1. The third kappa shape index (κ3) is 3.60. The van der Waals surface area contributed by atoms with Gasteiger partial charge < -0.3 is 9.15 Å². The van der Waals surface area contributed by atoms with Crippen molar-refractivity contribution in [2.24, 2.45) is 5.10 Å². The highest BCUT2D eigenvalue weighted by molar-refractivity contribution is 7.12. The molecule has 7 heteroatoms. The number of morpholine rings is 1. The van der Waals surface area contributed by atoms with E-state index in [1.807, 2.05) is 43.5 Å². The maximum atomic E-state index is 13.0. The van der Waals surface area contributed by atoms with Crippen molar-refractivity contribution in [2.45, 2.75) is 38.5 Å². The fraction of sp³-hybridized carbons (Fsp3) is 0.474. The second kappa shape index (κ2) is 7.34. The van der Waals surface area contributed by atoms with Gasteiger partial charge in [-0.15, -0.1) is 11.3 Å². The molecule has 1 fully saturated rings. The van der Waals surface area contributed by atoms with Crippen LogP contribution in [0.2, 0.25) is 0 Å². The van der Waals surface area contributed by atoms with Crippen molar-refractivity contribution in [1.29, 1.82) is 0 Å². The Labute approximate surface area is 157 Å². The van der Waals surface area contributed by atoms with Gasteiger partial charge in [0.1, 0.15) is 11.8 Å². The lowest BCUT2D eigenvalue weighted by Crippen LogP contribution is -2.49. The molecule has 2 aromatic rings. The topological polar surface area (TPSA) is 58.3 Å². The first-order valence-electron chi connectivity index (χ1n) is 8.95. The Kier molecular flexibility index (Phi) is 4.93. The van der Waals surface area contributed by atoms with Gasteiger partial charge in [-0.2, -0.15) is 5.10 Å². The summed E-state index contributed by atoms with van der Waals surface area (Å²) in [4.78, 5) is 16.3. The van der Waals surface area contributed by atoms with Crippen LogP contribution in [0, 0.1) is 0 Å². The fourth-order valence-corrected chi connectivity index (χ4v) is 4.43. The third-order valence-corrected chi connectivity index (χ3v) is 5.62. The first-order valence-corrected chi connectivity index (χ1v) is 9.82. The molecule has 0 radical (unpaired) electrons. The third-order valence-electron chi connectivity index (χ3n) is 4.70. The summed E-state index contributed by atoms with van der Waals surface area (Å²) in [6.07, 6.45) is 2.59. The van der Waals surface area contributed by atoms with Crippen LogP contribution < -0.4 is 0 Å². The summed E-state index contributed by atoms with van der Waals surface area (Å²) >= 11 is 1.64. The van der Waals surface area contributed by atoms with Crippen LogP contribution in [-0.4, -0.2) is 53.4 Å². The van der Waals surface area contributed by atoms with Gasteiger partial charge in [-0.1, -0.05) is 6.07 Å². The van der Waals surface area contributed by atoms with Gasteiger partial charge in [0.2, 0.25) is 0 Å². The van der Waals surface area contributed by atoms with E-state index in [4.69, 9.17) is 9.15 Å². The normalized spacial score (nSPS) is 26.9. The number of carbonyl (C=O) groups is 1. The molecule has 2 aromatic heterocycles. The lowest BCUT2D eigenvalue weighted by atomic mass is 10.1. The van der Waals surface area contributed by atoms with Crippen molar-refractivity contribution in [3.05, 3.63) is 46.5 Å². The van der Waals surface area contributed by atoms with Crippen LogP contribution in [0.25, 0.3) is 0 Å². The minimum absolute atomic E-state index is 0.000689. The predicted octanol–water partition coefficient (Wildman–Crippen LogP) is 3.13. The lowest BCUT2D eigenvalue weighted by molar-refractivity contribution is -0.138. The summed E-state index contributed by atoms with van der Waals surface area (Å²) in [5, 5.41) is 8.30. The molecule has 3 atom stereocenters. The molecule has 1 saturated heterocycles. The summed E-state index contributed by atoms with van der Waals surface area (Å²) in [6, 6.07) is 7.64. The number of furan rings is 1. The van der Waals surface area contributed by atoms with E-state index in [2.05, 4.69) is 10.0 Å². The molecule has 0 aromatic carbocycles. The average molecular weight is 373 g/mol. The summed E-state index contributed by atoms with van der Waals surface area (Å²) in [5.41, 5.74) is 0.943. The van der Waals surface area contributed by atoms with Crippen molar-refractivity contribution >= 4 is 23.0 Å². The molecule has 3 unspecified atom stereocenters. The maximum Gasteiger partial charge on any atom is 0.257 e. The van der Waals surface area contributed by atoms with E-state index in [-0.39, 0.29) is 24.2 Å². The van der Waals surface area contributed by atoms with E-state index in [1.165, 1.54) is 0 Å². The number of ether oxygens (including phenoxy) is 1. The van der Waals surface area contributed by atoms with Crippen LogP contribution in [0.3, 0.4) is 0 Å². The zero-order valence-corrected chi connectivity index (χ0v) is 15.8. The van der Waals surface area contributed by atoms with Gasteiger partial charge in [-0.25, -0.2) is 5.01 Å². The monoisotopic (exact) mass is 373 g/mol. The van der Waals surface area contributed by atoms with E-state index >= 15 is 0 Å². The largest absolute Gasteiger partial charge is 0.467 e. The van der Waals surface area contributed by atoms with E-state index < -0.39 is 0 Å². The highest BCUT2D eigenvalue weighted by atomic mass is 32.1. The highest BCUT2D eigenvalue weighted by Crippen LogP contribution is 2.34. The van der Waals surface area contributed by atoms with Crippen LogP contribution >= 0.6 is 11.3 Å². The van der Waals surface area contributed by atoms with Crippen LogP contribution in [0.5, 0.6) is 0 Å². The molecule has 0 N–H and O–H groups in total. The van der Waals surface area contributed by atoms with Crippen molar-refractivity contribution in [2.75, 3.05) is 19.6 Å². The van der Waals surface area contributed by atoms with Crippen molar-refractivity contribution in [3.63, 3.8) is 0 Å². The van der Waals surface area contributed by atoms with E-state index in [9.17, 15) is 4.79 Å². The first-order chi connectivity index (χ1) is 12.6. The number of hydrogen-bond donors (Lipinski definition) is 0. The second-order valence-electron chi connectivity index (χ2n) is 6.95. The zero-order valence-electron chi connectivity index (χ0n) is 15.0. The lowest BCUT2D eigenvalue weighted by Gasteiger charge is -2.35.